The molecular formula is C13H18N2O3. The number of rotatable bonds is 6. The van der Waals surface area contributed by atoms with E-state index >= 15 is 0 Å². The van der Waals surface area contributed by atoms with Crippen LogP contribution in [0.25, 0.3) is 0 Å². The Hall–Kier alpha value is -1.59. The first-order chi connectivity index (χ1) is 8.69. The van der Waals surface area contributed by atoms with Gasteiger partial charge < -0.3 is 20.8 Å². The maximum Gasteiger partial charge on any atom is 0.227 e. The largest absolute Gasteiger partial charge is 0.394 e. The van der Waals surface area contributed by atoms with E-state index in [4.69, 9.17) is 5.11 Å². The zero-order chi connectivity index (χ0) is 13.0. The number of nitrogens with one attached hydrogen (secondary N) is 2. The number of aliphatic hydroxyl groups excluding tert-OH is 2. The Morgan fingerprint density at radius 2 is 2.11 bits per heavy atom. The van der Waals surface area contributed by atoms with Crippen molar-refractivity contribution >= 4 is 17.3 Å². The van der Waals surface area contributed by atoms with E-state index in [1.165, 1.54) is 0 Å². The summed E-state index contributed by atoms with van der Waals surface area (Å²) >= 11 is 0. The normalized spacial score (nSPS) is 16.1. The molecule has 1 aromatic rings. The van der Waals surface area contributed by atoms with E-state index in [1.807, 2.05) is 24.3 Å². The number of hydrogen-bond donors (Lipinski definition) is 4. The molecule has 1 unspecified atom stereocenters. The fourth-order valence-electron chi connectivity index (χ4n) is 1.60. The van der Waals surface area contributed by atoms with Crippen LogP contribution in [0.5, 0.6) is 0 Å². The third-order valence-electron chi connectivity index (χ3n) is 2.83. The van der Waals surface area contributed by atoms with Gasteiger partial charge in [-0.3, -0.25) is 4.79 Å². The van der Waals surface area contributed by atoms with Crippen LogP contribution in [-0.2, 0) is 4.79 Å². The molecule has 98 valence electrons. The van der Waals surface area contributed by atoms with Crippen LogP contribution in [0, 0.1) is 5.92 Å². The Morgan fingerprint density at radius 3 is 2.78 bits per heavy atom. The zero-order valence-electron chi connectivity index (χ0n) is 10.1. The summed E-state index contributed by atoms with van der Waals surface area (Å²) in [6, 6.07) is 7.31. The first-order valence-corrected chi connectivity index (χ1v) is 6.13. The van der Waals surface area contributed by atoms with Crippen LogP contribution in [0.15, 0.2) is 24.3 Å². The fraction of sp³-hybridized carbons (Fsp3) is 0.462. The molecule has 1 aliphatic carbocycles. The van der Waals surface area contributed by atoms with Gasteiger partial charge in [-0.15, -0.1) is 0 Å². The Kier molecular flexibility index (Phi) is 4.17. The van der Waals surface area contributed by atoms with E-state index in [2.05, 4.69) is 10.6 Å². The Bertz CT molecular complexity index is 418. The summed E-state index contributed by atoms with van der Waals surface area (Å²) in [4.78, 5) is 11.6. The summed E-state index contributed by atoms with van der Waals surface area (Å²) in [5.41, 5.74) is 1.55. The topological polar surface area (TPSA) is 81.6 Å². The summed E-state index contributed by atoms with van der Waals surface area (Å²) in [7, 11) is 0. The van der Waals surface area contributed by atoms with Gasteiger partial charge in [0, 0.05) is 23.8 Å². The zero-order valence-corrected chi connectivity index (χ0v) is 10.1. The van der Waals surface area contributed by atoms with Crippen molar-refractivity contribution in [2.24, 2.45) is 5.92 Å². The molecule has 1 fully saturated rings. The van der Waals surface area contributed by atoms with Crippen LogP contribution < -0.4 is 10.6 Å². The summed E-state index contributed by atoms with van der Waals surface area (Å²) in [6.45, 7) is 0.00162. The van der Waals surface area contributed by atoms with Gasteiger partial charge in [0.25, 0.3) is 0 Å². The molecule has 1 aromatic carbocycles. The molecule has 0 bridgehead atoms. The maximum atomic E-state index is 11.6. The molecule has 0 heterocycles. The number of benzene rings is 1. The lowest BCUT2D eigenvalue weighted by Gasteiger charge is -2.11. The summed E-state index contributed by atoms with van der Waals surface area (Å²) in [6.07, 6.45) is 1.17. The van der Waals surface area contributed by atoms with Gasteiger partial charge in [-0.05, 0) is 31.0 Å². The maximum absolute atomic E-state index is 11.6. The van der Waals surface area contributed by atoms with Gasteiger partial charge in [0.2, 0.25) is 5.91 Å². The van der Waals surface area contributed by atoms with Gasteiger partial charge in [0.1, 0.15) is 0 Å². The number of anilines is 2. The number of amides is 1. The van der Waals surface area contributed by atoms with Crippen molar-refractivity contribution in [3.63, 3.8) is 0 Å². The molecular weight excluding hydrogens is 232 g/mol. The van der Waals surface area contributed by atoms with E-state index in [0.29, 0.717) is 0 Å². The van der Waals surface area contributed by atoms with Crippen molar-refractivity contribution in [3.8, 4) is 0 Å². The molecule has 1 aliphatic rings. The van der Waals surface area contributed by atoms with Crippen LogP contribution in [0.2, 0.25) is 0 Å². The number of carbonyl (C=O) groups is 1. The predicted octanol–water partition coefficient (Wildman–Crippen LogP) is 0.800. The molecule has 1 amide bonds. The third kappa shape index (κ3) is 3.72. The number of carbonyl (C=O) groups excluding carboxylic acids is 1. The molecule has 5 heteroatoms. The highest BCUT2D eigenvalue weighted by atomic mass is 16.3. The van der Waals surface area contributed by atoms with E-state index in [-0.39, 0.29) is 25.0 Å². The second-order valence-electron chi connectivity index (χ2n) is 4.56. The average molecular weight is 250 g/mol. The SMILES string of the molecule is O=C(Nc1cccc(NCC(O)CO)c1)C1CC1. The highest BCUT2D eigenvalue weighted by Crippen LogP contribution is 2.30. The molecule has 1 saturated carbocycles. The summed E-state index contributed by atoms with van der Waals surface area (Å²) in [5, 5.41) is 23.8. The fourth-order valence-corrected chi connectivity index (χ4v) is 1.60. The lowest BCUT2D eigenvalue weighted by atomic mass is 10.2. The standard InChI is InChI=1S/C13H18N2O3/c16-8-12(17)7-14-10-2-1-3-11(6-10)15-13(18)9-4-5-9/h1-3,6,9,12,14,16-17H,4-5,7-8H2,(H,15,18). The molecule has 0 spiro atoms. The summed E-state index contributed by atoms with van der Waals surface area (Å²) < 4.78 is 0. The highest BCUT2D eigenvalue weighted by molar-refractivity contribution is 5.94. The van der Waals surface area contributed by atoms with Crippen molar-refractivity contribution < 1.29 is 15.0 Å². The molecule has 0 radical (unpaired) electrons. The van der Waals surface area contributed by atoms with Crippen molar-refractivity contribution in [3.05, 3.63) is 24.3 Å². The Balaban J connectivity index is 1.89. The van der Waals surface area contributed by atoms with Crippen molar-refractivity contribution in [1.82, 2.24) is 0 Å². The lowest BCUT2D eigenvalue weighted by molar-refractivity contribution is -0.117. The average Bonchev–Trinajstić information content (AvgIpc) is 3.20. The minimum Gasteiger partial charge on any atom is -0.394 e. The molecule has 1 atom stereocenters. The monoisotopic (exact) mass is 250 g/mol. The van der Waals surface area contributed by atoms with Crippen molar-refractivity contribution in [1.29, 1.82) is 0 Å². The molecule has 0 saturated heterocycles. The van der Waals surface area contributed by atoms with Crippen LogP contribution >= 0.6 is 0 Å². The van der Waals surface area contributed by atoms with Crippen LogP contribution in [0.1, 0.15) is 12.8 Å². The van der Waals surface area contributed by atoms with Gasteiger partial charge in [0.15, 0.2) is 0 Å². The quantitative estimate of drug-likeness (QED) is 0.602. The van der Waals surface area contributed by atoms with Crippen LogP contribution in [0.3, 0.4) is 0 Å². The third-order valence-corrected chi connectivity index (χ3v) is 2.83. The van der Waals surface area contributed by atoms with E-state index < -0.39 is 6.10 Å². The summed E-state index contributed by atoms with van der Waals surface area (Å²) in [5.74, 6) is 0.250. The molecule has 18 heavy (non-hydrogen) atoms. The van der Waals surface area contributed by atoms with E-state index in [1.54, 1.807) is 0 Å². The second-order valence-corrected chi connectivity index (χ2v) is 4.56. The van der Waals surface area contributed by atoms with Gasteiger partial charge in [0.05, 0.1) is 12.7 Å². The van der Waals surface area contributed by atoms with Gasteiger partial charge in [-0.1, -0.05) is 6.07 Å². The number of hydrogen-bond acceptors (Lipinski definition) is 4. The van der Waals surface area contributed by atoms with Gasteiger partial charge >= 0.3 is 0 Å². The number of aliphatic hydroxyl groups is 2. The molecule has 5 nitrogen and oxygen atoms in total. The van der Waals surface area contributed by atoms with Gasteiger partial charge in [-0.25, -0.2) is 0 Å². The first kappa shape index (κ1) is 12.9. The molecule has 0 aliphatic heterocycles. The van der Waals surface area contributed by atoms with Crippen molar-refractivity contribution in [2.45, 2.75) is 18.9 Å². The van der Waals surface area contributed by atoms with Gasteiger partial charge in [-0.2, -0.15) is 0 Å². The van der Waals surface area contributed by atoms with Crippen molar-refractivity contribution in [2.75, 3.05) is 23.8 Å². The Morgan fingerprint density at radius 1 is 1.39 bits per heavy atom. The minimum absolute atomic E-state index is 0.0718. The Labute approximate surface area is 106 Å². The highest BCUT2D eigenvalue weighted by Gasteiger charge is 2.29. The predicted molar refractivity (Wildman–Crippen MR) is 69.4 cm³/mol. The van der Waals surface area contributed by atoms with Crippen LogP contribution in [-0.4, -0.2) is 35.4 Å². The van der Waals surface area contributed by atoms with E-state index in [9.17, 15) is 9.90 Å². The molecule has 2 rings (SSSR count). The first-order valence-electron chi connectivity index (χ1n) is 6.13. The minimum atomic E-state index is -0.783. The van der Waals surface area contributed by atoms with E-state index in [0.717, 1.165) is 24.2 Å². The molecule has 4 N–H and O–H groups in total. The smallest absolute Gasteiger partial charge is 0.227 e. The second kappa shape index (κ2) is 5.84. The van der Waals surface area contributed by atoms with Crippen LogP contribution in [0.4, 0.5) is 11.4 Å². The lowest BCUT2D eigenvalue weighted by Crippen LogP contribution is -2.23. The molecule has 0 aromatic heterocycles.